The second-order valence-corrected chi connectivity index (χ2v) is 5.34. The monoisotopic (exact) mass is 267 g/mol. The second-order valence-electron chi connectivity index (χ2n) is 3.67. The first-order valence-corrected chi connectivity index (χ1v) is 6.76. The van der Waals surface area contributed by atoms with E-state index in [0.29, 0.717) is 5.88 Å². The van der Waals surface area contributed by atoms with E-state index in [1.807, 2.05) is 31.2 Å². The Kier molecular flexibility index (Phi) is 4.02. The van der Waals surface area contributed by atoms with E-state index < -0.39 is 0 Å². The van der Waals surface area contributed by atoms with Crippen LogP contribution >= 0.6 is 22.9 Å². The Morgan fingerprint density at radius 3 is 2.59 bits per heavy atom. The van der Waals surface area contributed by atoms with Crippen LogP contribution in [0.5, 0.6) is 5.75 Å². The van der Waals surface area contributed by atoms with Gasteiger partial charge in [0.05, 0.1) is 17.8 Å². The van der Waals surface area contributed by atoms with Crippen molar-refractivity contribution >= 4 is 22.9 Å². The lowest BCUT2D eigenvalue weighted by molar-refractivity contribution is 0.415. The number of benzene rings is 1. The van der Waals surface area contributed by atoms with E-state index in [4.69, 9.17) is 16.3 Å². The van der Waals surface area contributed by atoms with Crippen LogP contribution in [-0.2, 0) is 6.42 Å². The fraction of sp³-hybridized carbons (Fsp3) is 0.308. The summed E-state index contributed by atoms with van der Waals surface area (Å²) in [4.78, 5) is 5.83. The summed E-state index contributed by atoms with van der Waals surface area (Å²) in [6, 6.07) is 7.97. The third-order valence-corrected chi connectivity index (χ3v) is 3.71. The molecular formula is C13H14ClNOS. The van der Waals surface area contributed by atoms with Crippen LogP contribution in [-0.4, -0.2) is 18.0 Å². The van der Waals surface area contributed by atoms with Gasteiger partial charge in [0.15, 0.2) is 0 Å². The molecule has 0 radical (unpaired) electrons. The number of aromatic nitrogens is 1. The number of nitrogens with zero attached hydrogens (tertiary/aromatic N) is 1. The average Bonchev–Trinajstić information content (AvgIpc) is 2.71. The van der Waals surface area contributed by atoms with Gasteiger partial charge in [-0.3, -0.25) is 0 Å². The number of ether oxygens (including phenoxy) is 1. The normalized spacial score (nSPS) is 10.5. The van der Waals surface area contributed by atoms with E-state index in [-0.39, 0.29) is 0 Å². The van der Waals surface area contributed by atoms with E-state index in [9.17, 15) is 0 Å². The van der Waals surface area contributed by atoms with Crippen molar-refractivity contribution in [3.8, 4) is 17.0 Å². The first-order chi connectivity index (χ1) is 8.24. The number of rotatable bonds is 4. The Balaban J connectivity index is 2.37. The molecule has 17 heavy (non-hydrogen) atoms. The Bertz CT molecular complexity index is 493. The van der Waals surface area contributed by atoms with Gasteiger partial charge in [0, 0.05) is 16.3 Å². The smallest absolute Gasteiger partial charge is 0.118 e. The van der Waals surface area contributed by atoms with E-state index in [2.05, 4.69) is 4.98 Å². The molecule has 4 heteroatoms. The molecule has 1 aromatic carbocycles. The topological polar surface area (TPSA) is 22.1 Å². The fourth-order valence-corrected chi connectivity index (χ4v) is 2.96. The molecule has 0 unspecified atom stereocenters. The van der Waals surface area contributed by atoms with Crippen LogP contribution < -0.4 is 4.74 Å². The Morgan fingerprint density at radius 1 is 1.29 bits per heavy atom. The van der Waals surface area contributed by atoms with Crippen molar-refractivity contribution in [2.45, 2.75) is 13.3 Å². The van der Waals surface area contributed by atoms with Crippen molar-refractivity contribution in [1.29, 1.82) is 0 Å². The predicted molar refractivity (Wildman–Crippen MR) is 73.3 cm³/mol. The van der Waals surface area contributed by atoms with E-state index >= 15 is 0 Å². The van der Waals surface area contributed by atoms with Crippen LogP contribution in [0.25, 0.3) is 11.3 Å². The Morgan fingerprint density at radius 2 is 2.00 bits per heavy atom. The van der Waals surface area contributed by atoms with Gasteiger partial charge in [0.2, 0.25) is 0 Å². The first kappa shape index (κ1) is 12.4. The summed E-state index contributed by atoms with van der Waals surface area (Å²) in [5, 5.41) is 1.08. The quantitative estimate of drug-likeness (QED) is 0.784. The highest BCUT2D eigenvalue weighted by Crippen LogP contribution is 2.29. The Labute approximate surface area is 110 Å². The molecule has 90 valence electrons. The maximum absolute atomic E-state index is 5.81. The van der Waals surface area contributed by atoms with Crippen LogP contribution in [0.3, 0.4) is 0 Å². The molecule has 0 aliphatic carbocycles. The maximum Gasteiger partial charge on any atom is 0.118 e. The minimum atomic E-state index is 0.630. The van der Waals surface area contributed by atoms with Gasteiger partial charge in [-0.1, -0.05) is 0 Å². The van der Waals surface area contributed by atoms with Crippen molar-refractivity contribution < 1.29 is 4.74 Å². The molecule has 0 atom stereocenters. The van der Waals surface area contributed by atoms with Crippen molar-refractivity contribution in [2.24, 2.45) is 0 Å². The summed E-state index contributed by atoms with van der Waals surface area (Å²) in [6.07, 6.45) is 0.869. The molecule has 0 saturated heterocycles. The van der Waals surface area contributed by atoms with Crippen LogP contribution in [0.1, 0.15) is 9.88 Å². The van der Waals surface area contributed by atoms with Crippen molar-refractivity contribution in [3.05, 3.63) is 34.2 Å². The predicted octanol–water partition coefficient (Wildman–Crippen LogP) is 3.91. The highest BCUT2D eigenvalue weighted by molar-refractivity contribution is 7.12. The second kappa shape index (κ2) is 5.52. The SMILES string of the molecule is COc1ccc(-c2nc(C)sc2CCCl)cc1. The van der Waals surface area contributed by atoms with Crippen molar-refractivity contribution in [2.75, 3.05) is 13.0 Å². The first-order valence-electron chi connectivity index (χ1n) is 5.41. The molecule has 2 rings (SSSR count). The summed E-state index contributed by atoms with van der Waals surface area (Å²) < 4.78 is 5.15. The minimum Gasteiger partial charge on any atom is -0.497 e. The van der Waals surface area contributed by atoms with E-state index in [0.717, 1.165) is 28.4 Å². The zero-order chi connectivity index (χ0) is 12.3. The number of aryl methyl sites for hydroxylation is 2. The van der Waals surface area contributed by atoms with Crippen LogP contribution in [0.2, 0.25) is 0 Å². The standard InChI is InChI=1S/C13H14ClNOS/c1-9-15-13(12(17-9)7-8-14)10-3-5-11(16-2)6-4-10/h3-6H,7-8H2,1-2H3. The minimum absolute atomic E-state index is 0.630. The lowest BCUT2D eigenvalue weighted by Gasteiger charge is -2.03. The molecule has 0 amide bonds. The van der Waals surface area contributed by atoms with Crippen molar-refractivity contribution in [1.82, 2.24) is 4.98 Å². The van der Waals surface area contributed by atoms with E-state index in [1.54, 1.807) is 18.4 Å². The van der Waals surface area contributed by atoms with Gasteiger partial charge in [0.1, 0.15) is 5.75 Å². The molecule has 0 N–H and O–H groups in total. The summed E-state index contributed by atoms with van der Waals surface area (Å²) in [6.45, 7) is 2.02. The van der Waals surface area contributed by atoms with Gasteiger partial charge in [-0.25, -0.2) is 4.98 Å². The lowest BCUT2D eigenvalue weighted by Crippen LogP contribution is -1.88. The molecule has 0 spiro atoms. The van der Waals surface area contributed by atoms with Gasteiger partial charge >= 0.3 is 0 Å². The molecule has 0 bridgehead atoms. The lowest BCUT2D eigenvalue weighted by atomic mass is 10.1. The number of alkyl halides is 1. The van der Waals surface area contributed by atoms with Crippen molar-refractivity contribution in [3.63, 3.8) is 0 Å². The molecule has 2 aromatic rings. The molecule has 2 nitrogen and oxygen atoms in total. The zero-order valence-corrected chi connectivity index (χ0v) is 11.4. The third kappa shape index (κ3) is 2.79. The average molecular weight is 268 g/mol. The van der Waals surface area contributed by atoms with Crippen LogP contribution in [0.15, 0.2) is 24.3 Å². The summed E-state index contributed by atoms with van der Waals surface area (Å²) >= 11 is 7.53. The number of thiazole rings is 1. The molecule has 0 aliphatic rings. The van der Waals surface area contributed by atoms with Gasteiger partial charge in [-0.15, -0.1) is 22.9 Å². The third-order valence-electron chi connectivity index (χ3n) is 2.49. The number of halogens is 1. The van der Waals surface area contributed by atoms with E-state index in [1.165, 1.54) is 4.88 Å². The summed E-state index contributed by atoms with van der Waals surface area (Å²) in [5.41, 5.74) is 2.17. The van der Waals surface area contributed by atoms with Gasteiger partial charge < -0.3 is 4.74 Å². The number of hydrogen-bond donors (Lipinski definition) is 0. The molecule has 0 aliphatic heterocycles. The van der Waals surface area contributed by atoms with Gasteiger partial charge in [-0.2, -0.15) is 0 Å². The molecule has 1 heterocycles. The summed E-state index contributed by atoms with van der Waals surface area (Å²) in [5.74, 6) is 1.49. The molecular weight excluding hydrogens is 254 g/mol. The highest BCUT2D eigenvalue weighted by atomic mass is 35.5. The molecule has 0 saturated carbocycles. The number of methoxy groups -OCH3 is 1. The van der Waals surface area contributed by atoms with Crippen LogP contribution in [0, 0.1) is 6.92 Å². The molecule has 0 fully saturated rings. The molecule has 1 aromatic heterocycles. The fourth-order valence-electron chi connectivity index (χ4n) is 1.70. The summed E-state index contributed by atoms with van der Waals surface area (Å²) in [7, 11) is 1.67. The maximum atomic E-state index is 5.81. The van der Waals surface area contributed by atoms with Crippen LogP contribution in [0.4, 0.5) is 0 Å². The zero-order valence-electron chi connectivity index (χ0n) is 9.87. The van der Waals surface area contributed by atoms with Gasteiger partial charge in [0.25, 0.3) is 0 Å². The Hall–Kier alpha value is -1.06. The highest BCUT2D eigenvalue weighted by Gasteiger charge is 2.10. The number of hydrogen-bond acceptors (Lipinski definition) is 3. The van der Waals surface area contributed by atoms with Gasteiger partial charge in [-0.05, 0) is 37.6 Å². The largest absolute Gasteiger partial charge is 0.497 e.